The van der Waals surface area contributed by atoms with E-state index < -0.39 is 0 Å². The van der Waals surface area contributed by atoms with Crippen molar-refractivity contribution in [3.63, 3.8) is 0 Å². The van der Waals surface area contributed by atoms with Gasteiger partial charge in [0.15, 0.2) is 0 Å². The van der Waals surface area contributed by atoms with Crippen LogP contribution in [0.25, 0.3) is 0 Å². The standard InChI is InChI=1S/C10H17BrN2OS/c1-13(2)6-10-9(11)5-8(14-10)7-15-4-3-12/h5H,3-4,6-7,12H2,1-2H3. The van der Waals surface area contributed by atoms with Gasteiger partial charge < -0.3 is 15.1 Å². The molecule has 0 spiro atoms. The lowest BCUT2D eigenvalue weighted by molar-refractivity contribution is 0.343. The molecular weight excluding hydrogens is 276 g/mol. The van der Waals surface area contributed by atoms with E-state index in [9.17, 15) is 0 Å². The van der Waals surface area contributed by atoms with Crippen LogP contribution in [-0.2, 0) is 12.3 Å². The molecule has 0 aromatic carbocycles. The zero-order chi connectivity index (χ0) is 11.3. The lowest BCUT2D eigenvalue weighted by atomic mass is 10.4. The van der Waals surface area contributed by atoms with Gasteiger partial charge in [0.2, 0.25) is 0 Å². The Kier molecular flexibility index (Phi) is 5.74. The van der Waals surface area contributed by atoms with Gasteiger partial charge in [0.25, 0.3) is 0 Å². The predicted octanol–water partition coefficient (Wildman–Crippen LogP) is 2.30. The summed E-state index contributed by atoms with van der Waals surface area (Å²) in [5, 5.41) is 0. The largest absolute Gasteiger partial charge is 0.463 e. The molecule has 0 radical (unpaired) electrons. The topological polar surface area (TPSA) is 42.4 Å². The molecule has 0 aliphatic carbocycles. The van der Waals surface area contributed by atoms with Crippen LogP contribution in [0.5, 0.6) is 0 Å². The second kappa shape index (κ2) is 6.58. The second-order valence-electron chi connectivity index (χ2n) is 3.56. The Hall–Kier alpha value is 0.0300. The van der Waals surface area contributed by atoms with Gasteiger partial charge in [-0.3, -0.25) is 0 Å². The van der Waals surface area contributed by atoms with Crippen LogP contribution in [0.2, 0.25) is 0 Å². The minimum absolute atomic E-state index is 0.719. The molecule has 1 rings (SSSR count). The number of furan rings is 1. The lowest BCUT2D eigenvalue weighted by Gasteiger charge is -2.06. The fourth-order valence-corrected chi connectivity index (χ4v) is 2.30. The number of thioether (sulfide) groups is 1. The van der Waals surface area contributed by atoms with Crippen LogP contribution in [0, 0.1) is 0 Å². The van der Waals surface area contributed by atoms with E-state index in [1.807, 2.05) is 20.2 Å². The summed E-state index contributed by atoms with van der Waals surface area (Å²) in [5.74, 6) is 3.87. The van der Waals surface area contributed by atoms with Crippen molar-refractivity contribution >= 4 is 27.7 Å². The number of nitrogens with zero attached hydrogens (tertiary/aromatic N) is 1. The first kappa shape index (κ1) is 13.1. The summed E-state index contributed by atoms with van der Waals surface area (Å²) in [5.41, 5.74) is 5.43. The Bertz CT molecular complexity index is 302. The molecule has 2 N–H and O–H groups in total. The summed E-state index contributed by atoms with van der Waals surface area (Å²) in [6.07, 6.45) is 0. The van der Waals surface area contributed by atoms with Crippen molar-refractivity contribution in [2.75, 3.05) is 26.4 Å². The number of hydrogen-bond acceptors (Lipinski definition) is 4. The Morgan fingerprint density at radius 2 is 2.27 bits per heavy atom. The van der Waals surface area contributed by atoms with Gasteiger partial charge in [-0.1, -0.05) is 0 Å². The average Bonchev–Trinajstić information content (AvgIpc) is 2.47. The fraction of sp³-hybridized carbons (Fsp3) is 0.600. The maximum Gasteiger partial charge on any atom is 0.132 e. The van der Waals surface area contributed by atoms with E-state index in [1.165, 1.54) is 0 Å². The molecule has 0 saturated carbocycles. The molecular formula is C10H17BrN2OS. The van der Waals surface area contributed by atoms with Crippen LogP contribution in [0.4, 0.5) is 0 Å². The molecule has 3 nitrogen and oxygen atoms in total. The van der Waals surface area contributed by atoms with Crippen molar-refractivity contribution in [2.24, 2.45) is 5.73 Å². The first-order valence-electron chi connectivity index (χ1n) is 4.83. The fourth-order valence-electron chi connectivity index (χ4n) is 1.18. The summed E-state index contributed by atoms with van der Waals surface area (Å²) >= 11 is 5.29. The predicted molar refractivity (Wildman–Crippen MR) is 69.0 cm³/mol. The van der Waals surface area contributed by atoms with Crippen molar-refractivity contribution in [1.29, 1.82) is 0 Å². The third-order valence-corrected chi connectivity index (χ3v) is 3.46. The minimum atomic E-state index is 0.719. The second-order valence-corrected chi connectivity index (χ2v) is 5.52. The van der Waals surface area contributed by atoms with Crippen molar-refractivity contribution in [1.82, 2.24) is 4.90 Å². The molecule has 0 fully saturated rings. The Labute approximate surface area is 104 Å². The van der Waals surface area contributed by atoms with Crippen LogP contribution >= 0.6 is 27.7 Å². The van der Waals surface area contributed by atoms with Gasteiger partial charge in [0.05, 0.1) is 16.8 Å². The molecule has 5 heteroatoms. The normalized spacial score (nSPS) is 11.3. The van der Waals surface area contributed by atoms with Gasteiger partial charge in [-0.05, 0) is 36.1 Å². The van der Waals surface area contributed by atoms with E-state index in [-0.39, 0.29) is 0 Å². The van der Waals surface area contributed by atoms with Crippen LogP contribution in [0.3, 0.4) is 0 Å². The quantitative estimate of drug-likeness (QED) is 0.817. The van der Waals surface area contributed by atoms with Crippen LogP contribution in [-0.4, -0.2) is 31.3 Å². The molecule has 1 aromatic heterocycles. The van der Waals surface area contributed by atoms with Gasteiger partial charge in [-0.2, -0.15) is 11.8 Å². The summed E-state index contributed by atoms with van der Waals surface area (Å²) in [7, 11) is 4.05. The highest BCUT2D eigenvalue weighted by atomic mass is 79.9. The maximum atomic E-state index is 5.72. The molecule has 15 heavy (non-hydrogen) atoms. The first-order chi connectivity index (χ1) is 7.13. The van der Waals surface area contributed by atoms with Crippen LogP contribution in [0.15, 0.2) is 15.0 Å². The van der Waals surface area contributed by atoms with Crippen LogP contribution in [0.1, 0.15) is 11.5 Å². The molecule has 0 aliphatic heterocycles. The van der Waals surface area contributed by atoms with E-state index in [0.29, 0.717) is 0 Å². The Morgan fingerprint density at radius 3 is 2.87 bits per heavy atom. The molecule has 0 aliphatic rings. The summed E-state index contributed by atoms with van der Waals surface area (Å²) in [6, 6.07) is 2.04. The summed E-state index contributed by atoms with van der Waals surface area (Å²) in [4.78, 5) is 2.08. The third kappa shape index (κ3) is 4.59. The van der Waals surface area contributed by atoms with Gasteiger partial charge in [0, 0.05) is 12.3 Å². The van der Waals surface area contributed by atoms with Gasteiger partial charge in [-0.25, -0.2) is 0 Å². The highest BCUT2D eigenvalue weighted by molar-refractivity contribution is 9.10. The maximum absolute atomic E-state index is 5.72. The molecule has 0 unspecified atom stereocenters. The average molecular weight is 293 g/mol. The highest BCUT2D eigenvalue weighted by Crippen LogP contribution is 2.25. The first-order valence-corrected chi connectivity index (χ1v) is 6.78. The van der Waals surface area contributed by atoms with Crippen molar-refractivity contribution in [3.05, 3.63) is 22.1 Å². The third-order valence-electron chi connectivity index (χ3n) is 1.77. The van der Waals surface area contributed by atoms with Gasteiger partial charge in [-0.15, -0.1) is 0 Å². The van der Waals surface area contributed by atoms with E-state index in [1.54, 1.807) is 11.8 Å². The minimum Gasteiger partial charge on any atom is -0.463 e. The number of halogens is 1. The number of nitrogens with two attached hydrogens (primary N) is 1. The van der Waals surface area contributed by atoms with E-state index >= 15 is 0 Å². The lowest BCUT2D eigenvalue weighted by Crippen LogP contribution is -2.10. The molecule has 0 saturated heterocycles. The van der Waals surface area contributed by atoms with E-state index in [4.69, 9.17) is 10.2 Å². The molecule has 0 amide bonds. The van der Waals surface area contributed by atoms with E-state index in [2.05, 4.69) is 20.8 Å². The van der Waals surface area contributed by atoms with Gasteiger partial charge >= 0.3 is 0 Å². The Balaban J connectivity index is 2.52. The molecule has 0 atom stereocenters. The summed E-state index contributed by atoms with van der Waals surface area (Å²) in [6.45, 7) is 1.54. The highest BCUT2D eigenvalue weighted by Gasteiger charge is 2.09. The number of hydrogen-bond donors (Lipinski definition) is 1. The van der Waals surface area contributed by atoms with Gasteiger partial charge in [0.1, 0.15) is 11.5 Å². The number of rotatable bonds is 6. The van der Waals surface area contributed by atoms with Crippen LogP contribution < -0.4 is 5.73 Å². The zero-order valence-corrected chi connectivity index (χ0v) is 11.5. The monoisotopic (exact) mass is 292 g/mol. The molecule has 1 heterocycles. The molecule has 0 bridgehead atoms. The Morgan fingerprint density at radius 1 is 1.53 bits per heavy atom. The molecule has 1 aromatic rings. The van der Waals surface area contributed by atoms with Crippen molar-refractivity contribution in [3.8, 4) is 0 Å². The zero-order valence-electron chi connectivity index (χ0n) is 9.12. The van der Waals surface area contributed by atoms with Crippen molar-refractivity contribution < 1.29 is 4.42 Å². The SMILES string of the molecule is CN(C)Cc1oc(CSCCN)cc1Br. The smallest absolute Gasteiger partial charge is 0.132 e. The summed E-state index contributed by atoms with van der Waals surface area (Å²) < 4.78 is 6.78. The van der Waals surface area contributed by atoms with Crippen molar-refractivity contribution in [2.45, 2.75) is 12.3 Å². The van der Waals surface area contributed by atoms with E-state index in [0.717, 1.165) is 40.6 Å². The molecule has 86 valence electrons.